The third kappa shape index (κ3) is 6.71. The van der Waals surface area contributed by atoms with E-state index >= 15 is 0 Å². The molecule has 1 aliphatic heterocycles. The predicted molar refractivity (Wildman–Crippen MR) is 123 cm³/mol. The first-order valence-corrected chi connectivity index (χ1v) is 9.83. The number of carbonyl (C=O) groups excluding carboxylic acids is 1. The highest BCUT2D eigenvalue weighted by Gasteiger charge is 2.23. The highest BCUT2D eigenvalue weighted by molar-refractivity contribution is 14.0. The average Bonchev–Trinajstić information content (AvgIpc) is 3.34. The monoisotopic (exact) mass is 515 g/mol. The van der Waals surface area contributed by atoms with Crippen LogP contribution in [-0.2, 0) is 22.6 Å². The van der Waals surface area contributed by atoms with Crippen LogP contribution >= 0.6 is 35.3 Å². The van der Waals surface area contributed by atoms with Crippen molar-refractivity contribution in [2.24, 2.45) is 4.99 Å². The van der Waals surface area contributed by atoms with Gasteiger partial charge in [-0.05, 0) is 37.5 Å². The Morgan fingerprint density at radius 2 is 2.18 bits per heavy atom. The topological polar surface area (TPSA) is 87.6 Å². The second kappa shape index (κ2) is 11.3. The van der Waals surface area contributed by atoms with E-state index < -0.39 is 0 Å². The molecule has 2 heterocycles. The van der Waals surface area contributed by atoms with E-state index in [2.05, 4.69) is 25.9 Å². The van der Waals surface area contributed by atoms with Crippen molar-refractivity contribution < 1.29 is 9.53 Å². The van der Waals surface area contributed by atoms with Gasteiger partial charge in [0.1, 0.15) is 11.1 Å². The maximum Gasteiger partial charge on any atom is 0.253 e. The fourth-order valence-corrected chi connectivity index (χ4v) is 3.54. The molecule has 0 spiro atoms. The maximum atomic E-state index is 12.2. The highest BCUT2D eigenvalue weighted by Crippen LogP contribution is 2.16. The van der Waals surface area contributed by atoms with Gasteiger partial charge in [0.2, 0.25) is 0 Å². The summed E-state index contributed by atoms with van der Waals surface area (Å²) in [6, 6.07) is 7.77. The number of hydrogen-bond acceptors (Lipinski definition) is 5. The number of aryl methyl sites for hydroxylation is 1. The van der Waals surface area contributed by atoms with Gasteiger partial charge in [0.05, 0.1) is 6.54 Å². The zero-order valence-corrected chi connectivity index (χ0v) is 19.2. The number of aliphatic imine (C=N–C) groups is 1. The number of nitrogens with zero attached hydrogens (tertiary/aromatic N) is 2. The number of hydrogen-bond donors (Lipinski definition) is 3. The maximum absolute atomic E-state index is 12.2. The molecule has 1 unspecified atom stereocenters. The molecule has 0 bridgehead atoms. The van der Waals surface area contributed by atoms with Crippen LogP contribution in [0, 0.1) is 6.92 Å². The SMILES string of the molecule is CN=C(NCc1cccc(NC(=O)C2CCCO2)c1)NCc1ncc(C)s1.I. The minimum absolute atomic E-state index is 0. The Balaban J connectivity index is 0.00000280. The van der Waals surface area contributed by atoms with E-state index in [1.54, 1.807) is 18.4 Å². The lowest BCUT2D eigenvalue weighted by molar-refractivity contribution is -0.124. The van der Waals surface area contributed by atoms with Crippen LogP contribution in [-0.4, -0.2) is 36.6 Å². The van der Waals surface area contributed by atoms with Gasteiger partial charge in [-0.2, -0.15) is 0 Å². The third-order valence-corrected chi connectivity index (χ3v) is 5.09. The highest BCUT2D eigenvalue weighted by atomic mass is 127. The number of thiazole rings is 1. The summed E-state index contributed by atoms with van der Waals surface area (Å²) in [7, 11) is 1.74. The van der Waals surface area contributed by atoms with Gasteiger partial charge in [-0.25, -0.2) is 4.98 Å². The first-order chi connectivity index (χ1) is 13.1. The van der Waals surface area contributed by atoms with Gasteiger partial charge in [-0.1, -0.05) is 12.1 Å². The number of benzene rings is 1. The lowest BCUT2D eigenvalue weighted by Crippen LogP contribution is -2.36. The predicted octanol–water partition coefficient (Wildman–Crippen LogP) is 3.05. The Hall–Kier alpha value is -1.72. The molecule has 7 nitrogen and oxygen atoms in total. The molecule has 3 N–H and O–H groups in total. The Labute approximate surface area is 186 Å². The number of amides is 1. The summed E-state index contributed by atoms with van der Waals surface area (Å²) >= 11 is 1.67. The molecule has 2 aromatic rings. The van der Waals surface area contributed by atoms with Gasteiger partial charge >= 0.3 is 0 Å². The van der Waals surface area contributed by atoms with Crippen LogP contribution in [0.2, 0.25) is 0 Å². The number of ether oxygens (including phenoxy) is 1. The third-order valence-electron chi connectivity index (χ3n) is 4.18. The van der Waals surface area contributed by atoms with Crippen molar-refractivity contribution in [1.29, 1.82) is 0 Å². The summed E-state index contributed by atoms with van der Waals surface area (Å²) in [5, 5.41) is 10.5. The van der Waals surface area contributed by atoms with E-state index in [4.69, 9.17) is 4.74 Å². The molecule has 9 heteroatoms. The van der Waals surface area contributed by atoms with E-state index in [1.165, 1.54) is 4.88 Å². The average molecular weight is 515 g/mol. The molecule has 0 radical (unpaired) electrons. The minimum Gasteiger partial charge on any atom is -0.368 e. The van der Waals surface area contributed by atoms with Crippen LogP contribution in [0.4, 0.5) is 5.69 Å². The van der Waals surface area contributed by atoms with Crippen LogP contribution in [0.1, 0.15) is 28.3 Å². The Morgan fingerprint density at radius 1 is 1.36 bits per heavy atom. The number of guanidine groups is 1. The van der Waals surface area contributed by atoms with Gasteiger partial charge in [0.15, 0.2) is 5.96 Å². The zero-order valence-electron chi connectivity index (χ0n) is 16.0. The largest absolute Gasteiger partial charge is 0.368 e. The molecule has 1 amide bonds. The molecule has 1 saturated heterocycles. The molecule has 1 aromatic heterocycles. The molecule has 0 aliphatic carbocycles. The van der Waals surface area contributed by atoms with E-state index in [0.717, 1.165) is 29.1 Å². The molecule has 152 valence electrons. The fraction of sp³-hybridized carbons (Fsp3) is 0.421. The number of carbonyl (C=O) groups is 1. The molecule has 1 fully saturated rings. The Morgan fingerprint density at radius 3 is 2.86 bits per heavy atom. The molecule has 3 rings (SSSR count). The van der Waals surface area contributed by atoms with Crippen LogP contribution in [0.15, 0.2) is 35.5 Å². The van der Waals surface area contributed by atoms with Gasteiger partial charge in [-0.3, -0.25) is 9.79 Å². The fourth-order valence-electron chi connectivity index (χ4n) is 2.82. The lowest BCUT2D eigenvalue weighted by Gasteiger charge is -2.13. The summed E-state index contributed by atoms with van der Waals surface area (Å²) in [6.07, 6.45) is 3.26. The summed E-state index contributed by atoms with van der Waals surface area (Å²) in [6.45, 7) is 3.93. The Kier molecular flexibility index (Phi) is 9.13. The lowest BCUT2D eigenvalue weighted by atomic mass is 10.2. The van der Waals surface area contributed by atoms with Gasteiger partial charge in [0.25, 0.3) is 5.91 Å². The molecular weight excluding hydrogens is 489 g/mol. The van der Waals surface area contributed by atoms with Crippen LogP contribution < -0.4 is 16.0 Å². The Bertz CT molecular complexity index is 805. The minimum atomic E-state index is -0.329. The normalized spacial score (nSPS) is 16.4. The first-order valence-electron chi connectivity index (χ1n) is 9.01. The van der Waals surface area contributed by atoms with E-state index in [-0.39, 0.29) is 36.0 Å². The van der Waals surface area contributed by atoms with Crippen molar-refractivity contribution in [3.05, 3.63) is 45.9 Å². The zero-order chi connectivity index (χ0) is 19.1. The molecule has 1 aliphatic rings. The number of anilines is 1. The number of halogens is 1. The van der Waals surface area contributed by atoms with E-state index in [1.807, 2.05) is 37.4 Å². The smallest absolute Gasteiger partial charge is 0.253 e. The van der Waals surface area contributed by atoms with Crippen molar-refractivity contribution in [3.8, 4) is 0 Å². The van der Waals surface area contributed by atoms with E-state index in [0.29, 0.717) is 25.7 Å². The molecule has 1 atom stereocenters. The summed E-state index contributed by atoms with van der Waals surface area (Å²) in [4.78, 5) is 21.9. The van der Waals surface area contributed by atoms with Crippen molar-refractivity contribution >= 4 is 52.9 Å². The molecule has 28 heavy (non-hydrogen) atoms. The number of nitrogens with one attached hydrogen (secondary N) is 3. The van der Waals surface area contributed by atoms with Crippen LogP contribution in [0.25, 0.3) is 0 Å². The van der Waals surface area contributed by atoms with Crippen LogP contribution in [0.3, 0.4) is 0 Å². The van der Waals surface area contributed by atoms with Crippen LogP contribution in [0.5, 0.6) is 0 Å². The quantitative estimate of drug-likeness (QED) is 0.313. The van der Waals surface area contributed by atoms with E-state index in [9.17, 15) is 4.79 Å². The molecule has 1 aromatic carbocycles. The van der Waals surface area contributed by atoms with Crippen molar-refractivity contribution in [2.75, 3.05) is 19.0 Å². The molecular formula is C19H26IN5O2S. The van der Waals surface area contributed by atoms with Crippen molar-refractivity contribution in [3.63, 3.8) is 0 Å². The summed E-state index contributed by atoms with van der Waals surface area (Å²) in [5.41, 5.74) is 1.82. The van der Waals surface area contributed by atoms with Crippen molar-refractivity contribution in [2.45, 2.75) is 39.0 Å². The van der Waals surface area contributed by atoms with Gasteiger partial charge in [-0.15, -0.1) is 35.3 Å². The van der Waals surface area contributed by atoms with Crippen molar-refractivity contribution in [1.82, 2.24) is 15.6 Å². The molecule has 0 saturated carbocycles. The van der Waals surface area contributed by atoms with Gasteiger partial charge < -0.3 is 20.7 Å². The number of rotatable bonds is 6. The standard InChI is InChI=1S/C19H25N5O2S.HI/c1-13-10-21-17(27-13)12-23-19(20-2)22-11-14-5-3-6-15(9-14)24-18(25)16-7-4-8-26-16;/h3,5-6,9-10,16H,4,7-8,11-12H2,1-2H3,(H,24,25)(H2,20,22,23);1H. The number of aromatic nitrogens is 1. The van der Waals surface area contributed by atoms with Gasteiger partial charge in [0, 0.05) is 37.0 Å². The first kappa shape index (κ1) is 22.6. The summed E-state index contributed by atoms with van der Waals surface area (Å²) in [5.74, 6) is 0.630. The summed E-state index contributed by atoms with van der Waals surface area (Å²) < 4.78 is 5.42. The second-order valence-electron chi connectivity index (χ2n) is 6.34. The second-order valence-corrected chi connectivity index (χ2v) is 7.65.